The van der Waals surface area contributed by atoms with Crippen LogP contribution < -0.4 is 4.90 Å². The molecule has 1 fully saturated rings. The molecule has 0 atom stereocenters. The first-order chi connectivity index (χ1) is 10.5. The summed E-state index contributed by atoms with van der Waals surface area (Å²) in [6.07, 6.45) is 4.36. The molecular formula is C16H23N3O2S. The van der Waals surface area contributed by atoms with Gasteiger partial charge in [0.15, 0.2) is 0 Å². The lowest BCUT2D eigenvalue weighted by molar-refractivity contribution is -0.133. The van der Waals surface area contributed by atoms with Crippen LogP contribution in [0.25, 0.3) is 0 Å². The summed E-state index contributed by atoms with van der Waals surface area (Å²) in [5, 5.41) is 0.983. The van der Waals surface area contributed by atoms with Gasteiger partial charge in [0.2, 0.25) is 11.8 Å². The Morgan fingerprint density at radius 1 is 1.36 bits per heavy atom. The summed E-state index contributed by atoms with van der Waals surface area (Å²) in [5.41, 5.74) is 0. The first-order valence-electron chi connectivity index (χ1n) is 7.50. The lowest BCUT2D eigenvalue weighted by atomic mass is 10.3. The highest BCUT2D eigenvalue weighted by Gasteiger charge is 2.27. The molecule has 2 rings (SSSR count). The van der Waals surface area contributed by atoms with E-state index in [1.807, 2.05) is 31.1 Å². The van der Waals surface area contributed by atoms with Gasteiger partial charge in [0.05, 0.1) is 5.00 Å². The molecule has 1 aliphatic heterocycles. The second-order valence-electron chi connectivity index (χ2n) is 5.56. The number of carbonyl (C=O) groups is 2. The van der Waals surface area contributed by atoms with Crippen molar-refractivity contribution in [2.24, 2.45) is 0 Å². The molecule has 2 heterocycles. The first kappa shape index (κ1) is 16.7. The molecule has 0 unspecified atom stereocenters. The number of aryl methyl sites for hydroxylation is 1. The Bertz CT molecular complexity index is 565. The van der Waals surface area contributed by atoms with Crippen LogP contribution >= 0.6 is 11.3 Å². The van der Waals surface area contributed by atoms with Gasteiger partial charge < -0.3 is 14.7 Å². The quantitative estimate of drug-likeness (QED) is 0.774. The number of likely N-dealkylation sites (N-methyl/N-ethyl adjacent to an activating group) is 1. The molecule has 0 radical (unpaired) electrons. The molecule has 0 bridgehead atoms. The van der Waals surface area contributed by atoms with E-state index in [1.165, 1.54) is 4.88 Å². The van der Waals surface area contributed by atoms with Crippen LogP contribution in [-0.2, 0) is 16.0 Å². The molecule has 120 valence electrons. The van der Waals surface area contributed by atoms with Crippen LogP contribution in [0.5, 0.6) is 0 Å². The number of amides is 2. The predicted octanol–water partition coefficient (Wildman–Crippen LogP) is 1.60. The van der Waals surface area contributed by atoms with Crippen LogP contribution in [-0.4, -0.2) is 61.9 Å². The van der Waals surface area contributed by atoms with Gasteiger partial charge in [0, 0.05) is 30.6 Å². The average molecular weight is 321 g/mol. The van der Waals surface area contributed by atoms with Gasteiger partial charge in [-0.2, -0.15) is 0 Å². The van der Waals surface area contributed by atoms with E-state index in [0.717, 1.165) is 11.4 Å². The normalized spacial score (nSPS) is 16.1. The molecule has 5 nitrogen and oxygen atoms in total. The zero-order valence-electron chi connectivity index (χ0n) is 13.4. The molecule has 0 saturated carbocycles. The second-order valence-corrected chi connectivity index (χ2v) is 6.71. The summed E-state index contributed by atoms with van der Waals surface area (Å²) in [6.45, 7) is 4.12. The van der Waals surface area contributed by atoms with Crippen LogP contribution in [0.1, 0.15) is 11.8 Å². The standard InChI is InChI=1S/C16H23N3O2S/c1-4-13-7-8-16(22-13)19-11-10-18(12-15(19)21)14(20)6-5-9-17(2)3/h5-8H,4,9-12H2,1-3H3/b6-5+. The molecule has 1 aromatic rings. The molecule has 1 aromatic heterocycles. The highest BCUT2D eigenvalue weighted by Crippen LogP contribution is 2.27. The zero-order chi connectivity index (χ0) is 16.1. The summed E-state index contributed by atoms with van der Waals surface area (Å²) in [6, 6.07) is 4.06. The van der Waals surface area contributed by atoms with E-state index in [9.17, 15) is 9.59 Å². The number of anilines is 1. The maximum atomic E-state index is 12.3. The van der Waals surface area contributed by atoms with E-state index >= 15 is 0 Å². The summed E-state index contributed by atoms with van der Waals surface area (Å²) in [4.78, 5) is 31.0. The van der Waals surface area contributed by atoms with Crippen molar-refractivity contribution in [2.75, 3.05) is 45.2 Å². The van der Waals surface area contributed by atoms with Gasteiger partial charge >= 0.3 is 0 Å². The number of hydrogen-bond acceptors (Lipinski definition) is 4. The van der Waals surface area contributed by atoms with E-state index in [4.69, 9.17) is 0 Å². The Morgan fingerprint density at radius 2 is 2.14 bits per heavy atom. The predicted molar refractivity (Wildman–Crippen MR) is 90.3 cm³/mol. The van der Waals surface area contributed by atoms with Crippen molar-refractivity contribution in [3.05, 3.63) is 29.2 Å². The lowest BCUT2D eigenvalue weighted by Crippen LogP contribution is -2.51. The van der Waals surface area contributed by atoms with Gasteiger partial charge in [-0.1, -0.05) is 13.0 Å². The molecule has 1 aliphatic rings. The van der Waals surface area contributed by atoms with Gasteiger partial charge in [-0.15, -0.1) is 11.3 Å². The number of thiophene rings is 1. The van der Waals surface area contributed by atoms with Crippen molar-refractivity contribution in [3.63, 3.8) is 0 Å². The summed E-state index contributed by atoms with van der Waals surface area (Å²) in [5.74, 6) is -0.0969. The van der Waals surface area contributed by atoms with E-state index in [2.05, 4.69) is 13.0 Å². The van der Waals surface area contributed by atoms with Gasteiger partial charge in [-0.05, 0) is 32.6 Å². The van der Waals surface area contributed by atoms with E-state index in [0.29, 0.717) is 19.6 Å². The summed E-state index contributed by atoms with van der Waals surface area (Å²) in [7, 11) is 3.89. The molecule has 0 aromatic carbocycles. The van der Waals surface area contributed by atoms with Crippen molar-refractivity contribution < 1.29 is 9.59 Å². The molecule has 0 aliphatic carbocycles. The smallest absolute Gasteiger partial charge is 0.247 e. The molecule has 22 heavy (non-hydrogen) atoms. The Morgan fingerprint density at radius 3 is 2.73 bits per heavy atom. The minimum absolute atomic E-state index is 0.00915. The van der Waals surface area contributed by atoms with Crippen LogP contribution in [0.3, 0.4) is 0 Å². The van der Waals surface area contributed by atoms with E-state index in [-0.39, 0.29) is 18.4 Å². The molecule has 6 heteroatoms. The monoisotopic (exact) mass is 321 g/mol. The van der Waals surface area contributed by atoms with E-state index < -0.39 is 0 Å². The maximum Gasteiger partial charge on any atom is 0.247 e. The molecule has 2 amide bonds. The Labute approximate surface area is 135 Å². The third-order valence-electron chi connectivity index (χ3n) is 3.53. The average Bonchev–Trinajstić information content (AvgIpc) is 2.95. The van der Waals surface area contributed by atoms with Crippen LogP contribution in [0, 0.1) is 0 Å². The van der Waals surface area contributed by atoms with Crippen molar-refractivity contribution in [2.45, 2.75) is 13.3 Å². The van der Waals surface area contributed by atoms with Crippen molar-refractivity contribution >= 4 is 28.2 Å². The first-order valence-corrected chi connectivity index (χ1v) is 8.32. The summed E-state index contributed by atoms with van der Waals surface area (Å²) >= 11 is 1.65. The molecule has 0 N–H and O–H groups in total. The zero-order valence-corrected chi connectivity index (χ0v) is 14.2. The fourth-order valence-corrected chi connectivity index (χ4v) is 3.25. The molecule has 0 spiro atoms. The van der Waals surface area contributed by atoms with Crippen molar-refractivity contribution in [1.29, 1.82) is 0 Å². The number of piperazine rings is 1. The largest absolute Gasteiger partial charge is 0.328 e. The van der Waals surface area contributed by atoms with Gasteiger partial charge in [-0.3, -0.25) is 9.59 Å². The third kappa shape index (κ3) is 4.18. The Kier molecular flexibility index (Phi) is 5.74. The van der Waals surface area contributed by atoms with Gasteiger partial charge in [-0.25, -0.2) is 0 Å². The maximum absolute atomic E-state index is 12.3. The van der Waals surface area contributed by atoms with Crippen molar-refractivity contribution in [1.82, 2.24) is 9.80 Å². The number of hydrogen-bond donors (Lipinski definition) is 0. The fraction of sp³-hybridized carbons (Fsp3) is 0.500. The number of carbonyl (C=O) groups excluding carboxylic acids is 2. The topological polar surface area (TPSA) is 43.9 Å². The van der Waals surface area contributed by atoms with E-state index in [1.54, 1.807) is 27.2 Å². The van der Waals surface area contributed by atoms with Crippen LogP contribution in [0.2, 0.25) is 0 Å². The SMILES string of the molecule is CCc1ccc(N2CCN(C(=O)/C=C/CN(C)C)CC2=O)s1. The lowest BCUT2D eigenvalue weighted by Gasteiger charge is -2.33. The Hall–Kier alpha value is -1.66. The van der Waals surface area contributed by atoms with Crippen LogP contribution in [0.4, 0.5) is 5.00 Å². The van der Waals surface area contributed by atoms with Gasteiger partial charge in [0.1, 0.15) is 6.54 Å². The van der Waals surface area contributed by atoms with Crippen LogP contribution in [0.15, 0.2) is 24.3 Å². The third-order valence-corrected chi connectivity index (χ3v) is 4.78. The highest BCUT2D eigenvalue weighted by molar-refractivity contribution is 7.16. The number of rotatable bonds is 5. The highest BCUT2D eigenvalue weighted by atomic mass is 32.1. The second kappa shape index (κ2) is 7.56. The Balaban J connectivity index is 1.93. The fourth-order valence-electron chi connectivity index (χ4n) is 2.27. The minimum Gasteiger partial charge on any atom is -0.328 e. The van der Waals surface area contributed by atoms with Gasteiger partial charge in [0.25, 0.3) is 0 Å². The number of nitrogens with zero attached hydrogens (tertiary/aromatic N) is 3. The minimum atomic E-state index is -0.0877. The molecule has 1 saturated heterocycles. The summed E-state index contributed by atoms with van der Waals surface area (Å²) < 4.78 is 0. The molecular weight excluding hydrogens is 298 g/mol. The van der Waals surface area contributed by atoms with Crippen molar-refractivity contribution in [3.8, 4) is 0 Å².